The molecule has 3 heterocycles. The molecular formula is C22H17ClN4O4S. The molecule has 0 bridgehead atoms. The number of ether oxygens (including phenoxy) is 2. The molecule has 1 aliphatic rings. The maximum atomic E-state index is 12.6. The minimum absolute atomic E-state index is 0.137. The number of rotatable bonds is 6. The van der Waals surface area contributed by atoms with Gasteiger partial charge in [-0.25, -0.2) is 0 Å². The number of furan rings is 1. The molecule has 0 spiro atoms. The maximum Gasteiger partial charge on any atom is 0.234 e. The van der Waals surface area contributed by atoms with E-state index in [9.17, 15) is 4.79 Å². The number of nitrogens with one attached hydrogen (secondary N) is 1. The van der Waals surface area contributed by atoms with Crippen molar-refractivity contribution in [3.8, 4) is 28.8 Å². The van der Waals surface area contributed by atoms with E-state index < -0.39 is 0 Å². The Morgan fingerprint density at radius 2 is 1.88 bits per heavy atom. The predicted octanol–water partition coefficient (Wildman–Crippen LogP) is 4.68. The molecule has 10 heteroatoms. The van der Waals surface area contributed by atoms with E-state index in [2.05, 4.69) is 15.5 Å². The summed E-state index contributed by atoms with van der Waals surface area (Å²) in [6.45, 7) is 1.00. The SMILES string of the molecule is O=C(CSc1nnc(-c2ccco2)n1-c1ccc(Cl)cc1)Nc1ccc2c(c1)OCCO2. The van der Waals surface area contributed by atoms with Crippen molar-refractivity contribution in [2.75, 3.05) is 24.3 Å². The van der Waals surface area contributed by atoms with Gasteiger partial charge in [-0.05, 0) is 48.5 Å². The number of halogens is 1. The zero-order valence-corrected chi connectivity index (χ0v) is 18.2. The van der Waals surface area contributed by atoms with Crippen LogP contribution in [0.1, 0.15) is 0 Å². The average molecular weight is 469 g/mol. The Balaban J connectivity index is 1.34. The van der Waals surface area contributed by atoms with Crippen LogP contribution in [-0.4, -0.2) is 39.6 Å². The number of thioether (sulfide) groups is 1. The third-order valence-corrected chi connectivity index (χ3v) is 5.80. The first-order chi connectivity index (χ1) is 15.7. The lowest BCUT2D eigenvalue weighted by Crippen LogP contribution is -2.17. The minimum atomic E-state index is -0.183. The fraction of sp³-hybridized carbons (Fsp3) is 0.136. The highest BCUT2D eigenvalue weighted by molar-refractivity contribution is 7.99. The summed E-state index contributed by atoms with van der Waals surface area (Å²) in [7, 11) is 0. The first kappa shape index (κ1) is 20.5. The summed E-state index contributed by atoms with van der Waals surface area (Å²) >= 11 is 7.31. The molecule has 0 saturated heterocycles. The molecule has 0 fully saturated rings. The molecule has 162 valence electrons. The van der Waals surface area contributed by atoms with Gasteiger partial charge in [0.05, 0.1) is 12.0 Å². The smallest absolute Gasteiger partial charge is 0.234 e. The van der Waals surface area contributed by atoms with Crippen LogP contribution in [0, 0.1) is 0 Å². The van der Waals surface area contributed by atoms with Gasteiger partial charge in [-0.15, -0.1) is 10.2 Å². The number of fused-ring (bicyclic) bond motifs is 1. The zero-order valence-electron chi connectivity index (χ0n) is 16.7. The third kappa shape index (κ3) is 4.30. The lowest BCUT2D eigenvalue weighted by molar-refractivity contribution is -0.113. The van der Waals surface area contributed by atoms with E-state index in [0.717, 1.165) is 5.69 Å². The molecule has 8 nitrogen and oxygen atoms in total. The first-order valence-electron chi connectivity index (χ1n) is 9.75. The number of anilines is 1. The second-order valence-electron chi connectivity index (χ2n) is 6.79. The largest absolute Gasteiger partial charge is 0.486 e. The second-order valence-corrected chi connectivity index (χ2v) is 8.17. The molecule has 1 aliphatic heterocycles. The number of hydrogen-bond acceptors (Lipinski definition) is 7. The van der Waals surface area contributed by atoms with Crippen LogP contribution in [0.25, 0.3) is 17.3 Å². The summed E-state index contributed by atoms with van der Waals surface area (Å²) in [6, 6.07) is 16.2. The fourth-order valence-corrected chi connectivity index (χ4v) is 4.08. The van der Waals surface area contributed by atoms with E-state index in [1.54, 1.807) is 48.7 Å². The van der Waals surface area contributed by atoms with E-state index in [0.29, 0.717) is 52.2 Å². The van der Waals surface area contributed by atoms with Crippen LogP contribution in [0.3, 0.4) is 0 Å². The topological polar surface area (TPSA) is 91.4 Å². The highest BCUT2D eigenvalue weighted by Crippen LogP contribution is 2.33. The van der Waals surface area contributed by atoms with Crippen molar-refractivity contribution in [2.24, 2.45) is 0 Å². The predicted molar refractivity (Wildman–Crippen MR) is 121 cm³/mol. The number of amides is 1. The molecule has 1 amide bonds. The van der Waals surface area contributed by atoms with E-state index in [-0.39, 0.29) is 11.7 Å². The highest BCUT2D eigenvalue weighted by Gasteiger charge is 2.19. The van der Waals surface area contributed by atoms with Crippen molar-refractivity contribution >= 4 is 35.0 Å². The van der Waals surface area contributed by atoms with Gasteiger partial charge in [0.2, 0.25) is 11.7 Å². The van der Waals surface area contributed by atoms with Crippen molar-refractivity contribution in [2.45, 2.75) is 5.16 Å². The Labute approximate surface area is 192 Å². The number of carbonyl (C=O) groups is 1. The number of hydrogen-bond donors (Lipinski definition) is 1. The quantitative estimate of drug-likeness (QED) is 0.411. The molecule has 0 unspecified atom stereocenters. The number of benzene rings is 2. The minimum Gasteiger partial charge on any atom is -0.486 e. The summed E-state index contributed by atoms with van der Waals surface area (Å²) in [5.74, 6) is 2.35. The van der Waals surface area contributed by atoms with Crippen LogP contribution in [0.4, 0.5) is 5.69 Å². The maximum absolute atomic E-state index is 12.6. The fourth-order valence-electron chi connectivity index (χ4n) is 3.20. The summed E-state index contributed by atoms with van der Waals surface area (Å²) in [5.41, 5.74) is 1.44. The molecule has 0 saturated carbocycles. The Morgan fingerprint density at radius 3 is 2.66 bits per heavy atom. The molecule has 4 aromatic rings. The van der Waals surface area contributed by atoms with Gasteiger partial charge in [0.25, 0.3) is 0 Å². The van der Waals surface area contributed by atoms with Gasteiger partial charge in [-0.3, -0.25) is 9.36 Å². The Bertz CT molecular complexity index is 1240. The van der Waals surface area contributed by atoms with E-state index in [4.69, 9.17) is 25.5 Å². The monoisotopic (exact) mass is 468 g/mol. The molecule has 32 heavy (non-hydrogen) atoms. The van der Waals surface area contributed by atoms with E-state index in [1.807, 2.05) is 16.7 Å². The van der Waals surface area contributed by atoms with Gasteiger partial charge in [0.15, 0.2) is 22.4 Å². The third-order valence-electron chi connectivity index (χ3n) is 4.62. The molecule has 0 atom stereocenters. The van der Waals surface area contributed by atoms with E-state index in [1.165, 1.54) is 11.8 Å². The molecule has 0 radical (unpaired) electrons. The van der Waals surface area contributed by atoms with Crippen LogP contribution in [0.5, 0.6) is 11.5 Å². The normalized spacial score (nSPS) is 12.5. The van der Waals surface area contributed by atoms with Crippen LogP contribution in [0.15, 0.2) is 70.4 Å². The van der Waals surface area contributed by atoms with Gasteiger partial charge >= 0.3 is 0 Å². The van der Waals surface area contributed by atoms with Crippen LogP contribution in [-0.2, 0) is 4.79 Å². The Morgan fingerprint density at radius 1 is 1.06 bits per heavy atom. The van der Waals surface area contributed by atoms with Gasteiger partial charge in [0.1, 0.15) is 13.2 Å². The standard InChI is InChI=1S/C22H17ClN4O4S/c23-14-3-6-16(7-4-14)27-21(18-2-1-9-29-18)25-26-22(27)32-13-20(28)24-15-5-8-17-19(12-15)31-11-10-30-17/h1-9,12H,10-11,13H2,(H,24,28). The summed E-state index contributed by atoms with van der Waals surface area (Å²) in [5, 5.41) is 12.6. The van der Waals surface area contributed by atoms with Gasteiger partial charge in [0, 0.05) is 22.5 Å². The zero-order chi connectivity index (χ0) is 21.9. The number of aromatic nitrogens is 3. The lowest BCUT2D eigenvalue weighted by Gasteiger charge is -2.19. The number of nitrogens with zero attached hydrogens (tertiary/aromatic N) is 3. The molecule has 1 N–H and O–H groups in total. The molecule has 0 aliphatic carbocycles. The van der Waals surface area contributed by atoms with Crippen molar-refractivity contribution in [1.29, 1.82) is 0 Å². The van der Waals surface area contributed by atoms with Crippen molar-refractivity contribution in [3.05, 3.63) is 65.9 Å². The van der Waals surface area contributed by atoms with Crippen LogP contribution in [0.2, 0.25) is 5.02 Å². The second kappa shape index (κ2) is 8.97. The average Bonchev–Trinajstić information content (AvgIpc) is 3.48. The summed E-state index contributed by atoms with van der Waals surface area (Å²) < 4.78 is 18.4. The Kier molecular flexibility index (Phi) is 5.74. The Hall–Kier alpha value is -3.43. The van der Waals surface area contributed by atoms with Crippen LogP contribution < -0.4 is 14.8 Å². The summed E-state index contributed by atoms with van der Waals surface area (Å²) in [6.07, 6.45) is 1.57. The van der Waals surface area contributed by atoms with Gasteiger partial charge in [-0.1, -0.05) is 23.4 Å². The van der Waals surface area contributed by atoms with Gasteiger partial charge < -0.3 is 19.2 Å². The van der Waals surface area contributed by atoms with Crippen molar-refractivity contribution < 1.29 is 18.7 Å². The molecule has 2 aromatic heterocycles. The first-order valence-corrected chi connectivity index (χ1v) is 11.1. The molecular weight excluding hydrogens is 452 g/mol. The van der Waals surface area contributed by atoms with Gasteiger partial charge in [-0.2, -0.15) is 0 Å². The highest BCUT2D eigenvalue weighted by atomic mass is 35.5. The lowest BCUT2D eigenvalue weighted by atomic mass is 10.2. The van der Waals surface area contributed by atoms with E-state index >= 15 is 0 Å². The van der Waals surface area contributed by atoms with Crippen LogP contribution >= 0.6 is 23.4 Å². The van der Waals surface area contributed by atoms with Crippen molar-refractivity contribution in [1.82, 2.24) is 14.8 Å². The summed E-state index contributed by atoms with van der Waals surface area (Å²) in [4.78, 5) is 12.6. The number of carbonyl (C=O) groups excluding carboxylic acids is 1. The molecule has 2 aromatic carbocycles. The van der Waals surface area contributed by atoms with Crippen molar-refractivity contribution in [3.63, 3.8) is 0 Å². The molecule has 5 rings (SSSR count).